The zero-order valence-corrected chi connectivity index (χ0v) is 13.0. The summed E-state index contributed by atoms with van der Waals surface area (Å²) in [4.78, 5) is 17.2. The molecule has 0 saturated heterocycles. The van der Waals surface area contributed by atoms with Crippen LogP contribution in [0.2, 0.25) is 0 Å². The number of aromatic nitrogens is 1. The van der Waals surface area contributed by atoms with Gasteiger partial charge in [0.15, 0.2) is 0 Å². The molecule has 1 amide bonds. The predicted octanol–water partition coefficient (Wildman–Crippen LogP) is 3.39. The molecule has 3 aromatic rings. The lowest BCUT2D eigenvalue weighted by atomic mass is 10.1. The molecule has 3 rings (SSSR count). The number of nitrogens with zero attached hydrogens (tertiary/aromatic N) is 2. The van der Waals surface area contributed by atoms with Crippen molar-refractivity contribution in [1.29, 1.82) is 5.26 Å². The first-order valence-electron chi connectivity index (χ1n) is 6.45. The standard InChI is InChI=1S/C15H11N3O2S2/c16-7-12(10-3-5-21-9-10)18-14(19)6-11-8-20-15(17-11)13-2-1-4-22-13/h1-5,8-9,12H,6H2,(H,18,19). The second-order valence-electron chi connectivity index (χ2n) is 4.48. The Kier molecular flexibility index (Phi) is 4.32. The summed E-state index contributed by atoms with van der Waals surface area (Å²) in [5, 5.41) is 17.5. The van der Waals surface area contributed by atoms with Crippen LogP contribution >= 0.6 is 22.7 Å². The van der Waals surface area contributed by atoms with E-state index in [2.05, 4.69) is 16.4 Å². The van der Waals surface area contributed by atoms with E-state index in [0.29, 0.717) is 11.6 Å². The third-order valence-electron chi connectivity index (χ3n) is 2.94. The summed E-state index contributed by atoms with van der Waals surface area (Å²) in [6.07, 6.45) is 1.55. The highest BCUT2D eigenvalue weighted by atomic mass is 32.1. The van der Waals surface area contributed by atoms with Gasteiger partial charge in [0.2, 0.25) is 11.8 Å². The smallest absolute Gasteiger partial charge is 0.236 e. The number of thiophene rings is 2. The molecule has 110 valence electrons. The van der Waals surface area contributed by atoms with Crippen molar-refractivity contribution < 1.29 is 9.21 Å². The van der Waals surface area contributed by atoms with Crippen LogP contribution in [0.3, 0.4) is 0 Å². The van der Waals surface area contributed by atoms with Crippen molar-refractivity contribution in [3.05, 3.63) is 51.9 Å². The highest BCUT2D eigenvalue weighted by Crippen LogP contribution is 2.23. The molecule has 5 nitrogen and oxygen atoms in total. The van der Waals surface area contributed by atoms with E-state index in [1.807, 2.05) is 34.3 Å². The van der Waals surface area contributed by atoms with E-state index < -0.39 is 6.04 Å². The van der Waals surface area contributed by atoms with Gasteiger partial charge >= 0.3 is 0 Å². The van der Waals surface area contributed by atoms with Crippen LogP contribution in [-0.4, -0.2) is 10.9 Å². The fourth-order valence-corrected chi connectivity index (χ4v) is 3.25. The molecule has 0 saturated carbocycles. The molecule has 22 heavy (non-hydrogen) atoms. The predicted molar refractivity (Wildman–Crippen MR) is 84.3 cm³/mol. The molecule has 0 radical (unpaired) electrons. The molecular weight excluding hydrogens is 318 g/mol. The normalized spacial score (nSPS) is 11.8. The Labute approximate surface area is 134 Å². The van der Waals surface area contributed by atoms with Gasteiger partial charge in [0, 0.05) is 0 Å². The third-order valence-corrected chi connectivity index (χ3v) is 4.50. The van der Waals surface area contributed by atoms with Crippen LogP contribution in [0.5, 0.6) is 0 Å². The minimum Gasteiger partial charge on any atom is -0.444 e. The van der Waals surface area contributed by atoms with Crippen LogP contribution in [0.15, 0.2) is 45.0 Å². The first-order chi connectivity index (χ1) is 10.8. The van der Waals surface area contributed by atoms with E-state index in [0.717, 1.165) is 10.4 Å². The fourth-order valence-electron chi connectivity index (χ4n) is 1.91. The summed E-state index contributed by atoms with van der Waals surface area (Å²) in [7, 11) is 0. The lowest BCUT2D eigenvalue weighted by Gasteiger charge is -2.09. The van der Waals surface area contributed by atoms with Crippen molar-refractivity contribution in [3.63, 3.8) is 0 Å². The molecule has 0 aliphatic heterocycles. The van der Waals surface area contributed by atoms with Crippen LogP contribution in [0.25, 0.3) is 10.8 Å². The number of oxazole rings is 1. The van der Waals surface area contributed by atoms with E-state index in [-0.39, 0.29) is 12.3 Å². The summed E-state index contributed by atoms with van der Waals surface area (Å²) < 4.78 is 5.37. The van der Waals surface area contributed by atoms with Crippen molar-refractivity contribution in [3.8, 4) is 16.8 Å². The number of nitrogens with one attached hydrogen (secondary N) is 1. The van der Waals surface area contributed by atoms with Gasteiger partial charge in [-0.05, 0) is 33.8 Å². The lowest BCUT2D eigenvalue weighted by Crippen LogP contribution is -2.28. The Hall–Kier alpha value is -2.43. The molecular formula is C15H11N3O2S2. The van der Waals surface area contributed by atoms with Crippen molar-refractivity contribution in [2.24, 2.45) is 0 Å². The quantitative estimate of drug-likeness (QED) is 0.778. The summed E-state index contributed by atoms with van der Waals surface area (Å²) in [6, 6.07) is 7.08. The highest BCUT2D eigenvalue weighted by molar-refractivity contribution is 7.13. The van der Waals surface area contributed by atoms with Crippen molar-refractivity contribution >= 4 is 28.6 Å². The maximum absolute atomic E-state index is 12.0. The summed E-state index contributed by atoms with van der Waals surface area (Å²) in [5.74, 6) is 0.247. The van der Waals surface area contributed by atoms with Crippen molar-refractivity contribution in [2.75, 3.05) is 0 Å². The number of rotatable bonds is 5. The van der Waals surface area contributed by atoms with Gasteiger partial charge in [-0.3, -0.25) is 4.79 Å². The second-order valence-corrected chi connectivity index (χ2v) is 6.21. The third kappa shape index (κ3) is 3.24. The van der Waals surface area contributed by atoms with Gasteiger partial charge in [-0.25, -0.2) is 4.98 Å². The van der Waals surface area contributed by atoms with Crippen LogP contribution in [-0.2, 0) is 11.2 Å². The van der Waals surface area contributed by atoms with Crippen LogP contribution in [0.4, 0.5) is 0 Å². The second kappa shape index (κ2) is 6.56. The van der Waals surface area contributed by atoms with E-state index in [1.165, 1.54) is 28.9 Å². The maximum atomic E-state index is 12.0. The molecule has 7 heteroatoms. The molecule has 0 fully saturated rings. The monoisotopic (exact) mass is 329 g/mol. The van der Waals surface area contributed by atoms with Gasteiger partial charge in [-0.15, -0.1) is 11.3 Å². The SMILES string of the molecule is N#CC(NC(=O)Cc1coc(-c2cccs2)n1)c1ccsc1. The maximum Gasteiger partial charge on any atom is 0.236 e. The zero-order valence-electron chi connectivity index (χ0n) is 11.4. The van der Waals surface area contributed by atoms with Gasteiger partial charge < -0.3 is 9.73 Å². The van der Waals surface area contributed by atoms with Crippen LogP contribution in [0.1, 0.15) is 17.3 Å². The largest absolute Gasteiger partial charge is 0.444 e. The van der Waals surface area contributed by atoms with E-state index in [9.17, 15) is 4.79 Å². The molecule has 0 aliphatic carbocycles. The molecule has 0 aliphatic rings. The molecule has 0 spiro atoms. The molecule has 1 N–H and O–H groups in total. The Morgan fingerprint density at radius 3 is 3.05 bits per heavy atom. The lowest BCUT2D eigenvalue weighted by molar-refractivity contribution is -0.120. The average molecular weight is 329 g/mol. The fraction of sp³-hybridized carbons (Fsp3) is 0.133. The zero-order chi connectivity index (χ0) is 15.4. The van der Waals surface area contributed by atoms with Gasteiger partial charge in [0.25, 0.3) is 0 Å². The van der Waals surface area contributed by atoms with Gasteiger partial charge in [-0.2, -0.15) is 16.6 Å². The number of carbonyl (C=O) groups excluding carboxylic acids is 1. The van der Waals surface area contributed by atoms with E-state index >= 15 is 0 Å². The van der Waals surface area contributed by atoms with Gasteiger partial charge in [-0.1, -0.05) is 6.07 Å². The van der Waals surface area contributed by atoms with Crippen molar-refractivity contribution in [2.45, 2.75) is 12.5 Å². The Bertz CT molecular complexity index is 785. The van der Waals surface area contributed by atoms with E-state index in [4.69, 9.17) is 9.68 Å². The Balaban J connectivity index is 1.64. The van der Waals surface area contributed by atoms with Crippen molar-refractivity contribution in [1.82, 2.24) is 10.3 Å². The van der Waals surface area contributed by atoms with E-state index in [1.54, 1.807) is 0 Å². The minimum absolute atomic E-state index is 0.0805. The first kappa shape index (κ1) is 14.5. The van der Waals surface area contributed by atoms with Crippen LogP contribution < -0.4 is 5.32 Å². The van der Waals surface area contributed by atoms with Crippen LogP contribution in [0, 0.1) is 11.3 Å². The molecule has 1 atom stereocenters. The topological polar surface area (TPSA) is 78.9 Å². The Morgan fingerprint density at radius 2 is 2.36 bits per heavy atom. The molecule has 1 unspecified atom stereocenters. The van der Waals surface area contributed by atoms with Gasteiger partial charge in [0.05, 0.1) is 23.1 Å². The number of hydrogen-bond donors (Lipinski definition) is 1. The summed E-state index contributed by atoms with van der Waals surface area (Å²) in [5.41, 5.74) is 1.34. The highest BCUT2D eigenvalue weighted by Gasteiger charge is 2.16. The molecule has 3 heterocycles. The first-order valence-corrected chi connectivity index (χ1v) is 8.28. The summed E-state index contributed by atoms with van der Waals surface area (Å²) >= 11 is 3.01. The summed E-state index contributed by atoms with van der Waals surface area (Å²) in [6.45, 7) is 0. The number of carbonyl (C=O) groups is 1. The molecule has 3 aromatic heterocycles. The molecule has 0 aromatic carbocycles. The number of hydrogen-bond acceptors (Lipinski definition) is 6. The number of amides is 1. The average Bonchev–Trinajstić information content (AvgIpc) is 3.24. The minimum atomic E-state index is -0.637. The molecule has 0 bridgehead atoms. The van der Waals surface area contributed by atoms with Gasteiger partial charge in [0.1, 0.15) is 12.3 Å². The number of nitriles is 1. The Morgan fingerprint density at radius 1 is 1.45 bits per heavy atom.